The highest BCUT2D eigenvalue weighted by molar-refractivity contribution is 7.86. The first kappa shape index (κ1) is 27.3. The number of aliphatic imine (C=N–C) groups is 1. The van der Waals surface area contributed by atoms with Crippen LogP contribution < -0.4 is 10.6 Å². The Labute approximate surface area is 196 Å². The summed E-state index contributed by atoms with van der Waals surface area (Å²) in [5.74, 6) is -2.87. The van der Waals surface area contributed by atoms with Gasteiger partial charge in [0, 0.05) is 17.7 Å². The molecular formula is C21H28FN3O8S. The van der Waals surface area contributed by atoms with Crippen molar-refractivity contribution in [3.63, 3.8) is 0 Å². The van der Waals surface area contributed by atoms with E-state index in [2.05, 4.69) is 15.6 Å². The molecule has 34 heavy (non-hydrogen) atoms. The molecule has 0 aromatic heterocycles. The molecule has 0 radical (unpaired) electrons. The number of amides is 3. The number of carbonyl (C=O) groups excluding carboxylic acids is 3. The molecule has 3 amide bonds. The molecule has 11 nitrogen and oxygen atoms in total. The largest absolute Gasteiger partial charge is 0.445 e. The monoisotopic (exact) mass is 501 g/mol. The van der Waals surface area contributed by atoms with Crippen LogP contribution in [0.25, 0.3) is 0 Å². The number of aliphatic hydroxyl groups excluding tert-OH is 1. The van der Waals surface area contributed by atoms with Gasteiger partial charge in [0.2, 0.25) is 17.3 Å². The minimum atomic E-state index is -4.98. The lowest BCUT2D eigenvalue weighted by Crippen LogP contribution is -2.54. The van der Waals surface area contributed by atoms with Crippen LogP contribution in [0.15, 0.2) is 29.3 Å². The van der Waals surface area contributed by atoms with Gasteiger partial charge in [-0.25, -0.2) is 14.2 Å². The fraction of sp³-hybridized carbons (Fsp3) is 0.524. The van der Waals surface area contributed by atoms with Crippen molar-refractivity contribution in [1.82, 2.24) is 10.6 Å². The quantitative estimate of drug-likeness (QED) is 0.327. The molecule has 4 atom stereocenters. The summed E-state index contributed by atoms with van der Waals surface area (Å²) in [5.41, 5.74) is -2.28. The molecule has 188 valence electrons. The molecule has 0 saturated heterocycles. The predicted molar refractivity (Wildman–Crippen MR) is 119 cm³/mol. The molecule has 0 aliphatic carbocycles. The van der Waals surface area contributed by atoms with E-state index in [0.717, 1.165) is 0 Å². The van der Waals surface area contributed by atoms with Gasteiger partial charge in [-0.3, -0.25) is 14.1 Å². The lowest BCUT2D eigenvalue weighted by atomic mass is 9.97. The minimum absolute atomic E-state index is 0.0997. The number of nitrogens with one attached hydrogen (secondary N) is 2. The molecule has 0 unspecified atom stereocenters. The Morgan fingerprint density at radius 1 is 1.26 bits per heavy atom. The summed E-state index contributed by atoms with van der Waals surface area (Å²) >= 11 is 0. The number of ether oxygens (including phenoxy) is 1. The highest BCUT2D eigenvalue weighted by Gasteiger charge is 2.37. The highest BCUT2D eigenvalue weighted by atomic mass is 32.2. The second-order valence-corrected chi connectivity index (χ2v) is 9.85. The number of benzene rings is 1. The Hall–Kier alpha value is -2.90. The third kappa shape index (κ3) is 8.15. The number of nitrogens with zero attached hydrogens (tertiary/aromatic N) is 1. The van der Waals surface area contributed by atoms with Gasteiger partial charge in [0.15, 0.2) is 0 Å². The maximum absolute atomic E-state index is 13.7. The van der Waals surface area contributed by atoms with E-state index in [0.29, 0.717) is 0 Å². The smallest absolute Gasteiger partial charge is 0.408 e. The van der Waals surface area contributed by atoms with Crippen molar-refractivity contribution in [3.05, 3.63) is 35.6 Å². The second-order valence-electron chi connectivity index (χ2n) is 8.33. The Morgan fingerprint density at radius 3 is 2.50 bits per heavy atom. The van der Waals surface area contributed by atoms with Crippen molar-refractivity contribution in [2.45, 2.75) is 57.2 Å². The van der Waals surface area contributed by atoms with Crippen molar-refractivity contribution in [2.24, 2.45) is 16.8 Å². The number of carbonyl (C=O) groups is 3. The summed E-state index contributed by atoms with van der Waals surface area (Å²) < 4.78 is 51.0. The van der Waals surface area contributed by atoms with Gasteiger partial charge < -0.3 is 20.5 Å². The van der Waals surface area contributed by atoms with Crippen molar-refractivity contribution < 1.29 is 41.6 Å². The van der Waals surface area contributed by atoms with Gasteiger partial charge in [-0.1, -0.05) is 32.0 Å². The molecule has 1 aliphatic heterocycles. The molecular weight excluding hydrogens is 473 g/mol. The first-order chi connectivity index (χ1) is 15.9. The Bertz CT molecular complexity index is 1030. The van der Waals surface area contributed by atoms with Crippen LogP contribution in [0.2, 0.25) is 0 Å². The zero-order chi connectivity index (χ0) is 25.5. The maximum atomic E-state index is 13.7. The molecule has 0 spiro atoms. The number of hydrogen-bond acceptors (Lipinski definition) is 7. The summed E-state index contributed by atoms with van der Waals surface area (Å²) in [4.78, 5) is 40.5. The fourth-order valence-electron chi connectivity index (χ4n) is 3.36. The third-order valence-electron chi connectivity index (χ3n) is 5.11. The Kier molecular flexibility index (Phi) is 9.65. The van der Waals surface area contributed by atoms with E-state index in [1.54, 1.807) is 19.9 Å². The zero-order valence-corrected chi connectivity index (χ0v) is 19.5. The highest BCUT2D eigenvalue weighted by Crippen LogP contribution is 2.20. The van der Waals surface area contributed by atoms with E-state index in [4.69, 9.17) is 4.74 Å². The molecule has 0 bridgehead atoms. The SMILES string of the molecule is CC(C)C[C@H](NC(=O)OCc1ccccc1F)C(=O)N[C@@H](C[C@@H]1CC=NC1=O)[C@H](O)S(=O)(=O)O. The second kappa shape index (κ2) is 12.0. The van der Waals surface area contributed by atoms with Crippen LogP contribution in [0.4, 0.5) is 9.18 Å². The van der Waals surface area contributed by atoms with Crippen LogP contribution in [0.5, 0.6) is 0 Å². The molecule has 1 aliphatic rings. The fourth-order valence-corrected chi connectivity index (χ4v) is 3.96. The lowest BCUT2D eigenvalue weighted by Gasteiger charge is -2.27. The summed E-state index contributed by atoms with van der Waals surface area (Å²) in [6.45, 7) is 3.15. The first-order valence-corrected chi connectivity index (χ1v) is 12.1. The summed E-state index contributed by atoms with van der Waals surface area (Å²) in [5, 5.41) is 14.7. The zero-order valence-electron chi connectivity index (χ0n) is 18.7. The average molecular weight is 502 g/mol. The molecule has 0 fully saturated rings. The van der Waals surface area contributed by atoms with Crippen molar-refractivity contribution >= 4 is 34.2 Å². The summed E-state index contributed by atoms with van der Waals surface area (Å²) in [7, 11) is -4.98. The average Bonchev–Trinajstić information content (AvgIpc) is 3.15. The van der Waals surface area contributed by atoms with Crippen LogP contribution >= 0.6 is 0 Å². The summed E-state index contributed by atoms with van der Waals surface area (Å²) in [6.07, 6.45) is 0.300. The number of hydrogen-bond donors (Lipinski definition) is 4. The van der Waals surface area contributed by atoms with Crippen LogP contribution in [-0.2, 0) is 31.1 Å². The van der Waals surface area contributed by atoms with Crippen molar-refractivity contribution in [1.29, 1.82) is 0 Å². The van der Waals surface area contributed by atoms with Gasteiger partial charge in [0.1, 0.15) is 18.5 Å². The molecule has 1 aromatic rings. The van der Waals surface area contributed by atoms with Gasteiger partial charge in [-0.05, 0) is 31.2 Å². The van der Waals surface area contributed by atoms with Crippen LogP contribution in [0.3, 0.4) is 0 Å². The van der Waals surface area contributed by atoms with Crippen molar-refractivity contribution in [2.75, 3.05) is 0 Å². The van der Waals surface area contributed by atoms with Gasteiger partial charge in [-0.15, -0.1) is 0 Å². The number of rotatable bonds is 11. The summed E-state index contributed by atoms with van der Waals surface area (Å²) in [6, 6.07) is 2.91. The van der Waals surface area contributed by atoms with E-state index >= 15 is 0 Å². The number of aliphatic hydroxyl groups is 1. The lowest BCUT2D eigenvalue weighted by molar-refractivity contribution is -0.126. The van der Waals surface area contributed by atoms with Gasteiger partial charge in [-0.2, -0.15) is 8.42 Å². The van der Waals surface area contributed by atoms with Crippen LogP contribution in [0.1, 0.15) is 38.7 Å². The van der Waals surface area contributed by atoms with E-state index in [1.165, 1.54) is 24.4 Å². The molecule has 0 saturated carbocycles. The Balaban J connectivity index is 2.09. The molecule has 1 aromatic carbocycles. The maximum Gasteiger partial charge on any atom is 0.408 e. The third-order valence-corrected chi connectivity index (χ3v) is 6.04. The minimum Gasteiger partial charge on any atom is -0.445 e. The molecule has 13 heteroatoms. The molecule has 4 N–H and O–H groups in total. The molecule has 2 rings (SSSR count). The normalized spacial score (nSPS) is 18.4. The van der Waals surface area contributed by atoms with Crippen LogP contribution in [0, 0.1) is 17.7 Å². The predicted octanol–water partition coefficient (Wildman–Crippen LogP) is 1.16. The number of alkyl carbamates (subject to hydrolysis) is 1. The standard InChI is InChI=1S/C21H28FN3O8S/c1-12(2)9-16(25-21(29)33-11-14-5-3-4-6-15(14)22)19(27)24-17(20(28)34(30,31)32)10-13-7-8-23-18(13)26/h3-6,8,12-13,16-17,20,28H,7,9-11H2,1-2H3,(H,24,27)(H,25,29)(H,30,31,32)/t13-,16-,17-,20+/m0/s1. The van der Waals surface area contributed by atoms with Crippen molar-refractivity contribution in [3.8, 4) is 0 Å². The Morgan fingerprint density at radius 2 is 1.94 bits per heavy atom. The topological polar surface area (TPSA) is 171 Å². The van der Waals surface area contributed by atoms with E-state index < -0.39 is 57.3 Å². The van der Waals surface area contributed by atoms with E-state index in [1.807, 2.05) is 0 Å². The van der Waals surface area contributed by atoms with E-state index in [-0.39, 0.29) is 37.4 Å². The molecule has 1 heterocycles. The van der Waals surface area contributed by atoms with Gasteiger partial charge in [0.25, 0.3) is 10.1 Å². The number of halogens is 1. The van der Waals surface area contributed by atoms with Crippen LogP contribution in [-0.4, -0.2) is 59.7 Å². The van der Waals surface area contributed by atoms with E-state index in [9.17, 15) is 36.9 Å². The van der Waals surface area contributed by atoms with Gasteiger partial charge >= 0.3 is 6.09 Å². The first-order valence-electron chi connectivity index (χ1n) is 10.6. The van der Waals surface area contributed by atoms with Gasteiger partial charge in [0.05, 0.1) is 6.04 Å².